The lowest BCUT2D eigenvalue weighted by molar-refractivity contribution is -0.130. The molecule has 0 bridgehead atoms. The minimum atomic E-state index is 0.0511. The van der Waals surface area contributed by atoms with Gasteiger partial charge in [-0.25, -0.2) is 0 Å². The lowest BCUT2D eigenvalue weighted by atomic mass is 10.3. The van der Waals surface area contributed by atoms with Crippen molar-refractivity contribution in [1.29, 1.82) is 5.26 Å². The summed E-state index contributed by atoms with van der Waals surface area (Å²) in [6.07, 6.45) is 1.30. The van der Waals surface area contributed by atoms with Crippen LogP contribution < -0.4 is 0 Å². The second-order valence-electron chi connectivity index (χ2n) is 3.81. The van der Waals surface area contributed by atoms with E-state index in [9.17, 15) is 4.79 Å². The maximum atomic E-state index is 11.6. The molecular formula is C11H21N3O2. The summed E-state index contributed by atoms with van der Waals surface area (Å²) >= 11 is 0. The Morgan fingerprint density at radius 3 is 2.62 bits per heavy atom. The van der Waals surface area contributed by atoms with E-state index in [2.05, 4.69) is 0 Å². The fraction of sp³-hybridized carbons (Fsp3) is 0.818. The number of carbonyl (C=O) groups excluding carboxylic acids is 1. The molecule has 0 N–H and O–H groups in total. The molecule has 1 amide bonds. The molecule has 0 aromatic carbocycles. The highest BCUT2D eigenvalue weighted by atomic mass is 16.5. The van der Waals surface area contributed by atoms with Crippen LogP contribution in [0.4, 0.5) is 0 Å². The monoisotopic (exact) mass is 227 g/mol. The number of ether oxygens (including phenoxy) is 1. The van der Waals surface area contributed by atoms with Gasteiger partial charge in [-0.1, -0.05) is 0 Å². The van der Waals surface area contributed by atoms with Crippen LogP contribution in [0.25, 0.3) is 0 Å². The predicted molar refractivity (Wildman–Crippen MR) is 61.9 cm³/mol. The van der Waals surface area contributed by atoms with Gasteiger partial charge in [0, 0.05) is 33.9 Å². The number of methoxy groups -OCH3 is 1. The molecule has 0 heterocycles. The quantitative estimate of drug-likeness (QED) is 0.561. The molecule has 0 saturated carbocycles. The average Bonchev–Trinajstić information content (AvgIpc) is 2.26. The second-order valence-corrected chi connectivity index (χ2v) is 3.81. The third-order valence-corrected chi connectivity index (χ3v) is 2.28. The minimum Gasteiger partial charge on any atom is -0.385 e. The smallest absolute Gasteiger partial charge is 0.236 e. The van der Waals surface area contributed by atoms with E-state index < -0.39 is 0 Å². The molecule has 16 heavy (non-hydrogen) atoms. The molecule has 0 aliphatic carbocycles. The van der Waals surface area contributed by atoms with Crippen molar-refractivity contribution in [3.8, 4) is 6.07 Å². The predicted octanol–water partition coefficient (Wildman–Crippen LogP) is 0.327. The van der Waals surface area contributed by atoms with Crippen molar-refractivity contribution >= 4 is 5.91 Å². The summed E-state index contributed by atoms with van der Waals surface area (Å²) in [5.74, 6) is 0.0511. The Bertz CT molecular complexity index is 238. The second kappa shape index (κ2) is 9.13. The summed E-state index contributed by atoms with van der Waals surface area (Å²) in [5.41, 5.74) is 0. The summed E-state index contributed by atoms with van der Waals surface area (Å²) in [6.45, 7) is 2.45. The Labute approximate surface area is 97.6 Å². The first kappa shape index (κ1) is 14.9. The highest BCUT2D eigenvalue weighted by Gasteiger charge is 2.10. The van der Waals surface area contributed by atoms with Crippen LogP contribution in [0.3, 0.4) is 0 Å². The Morgan fingerprint density at radius 1 is 1.38 bits per heavy atom. The molecule has 0 aliphatic rings. The molecule has 0 radical (unpaired) electrons. The van der Waals surface area contributed by atoms with Crippen molar-refractivity contribution in [2.45, 2.75) is 12.8 Å². The molecule has 5 nitrogen and oxygen atoms in total. The normalized spacial score (nSPS) is 10.2. The van der Waals surface area contributed by atoms with E-state index >= 15 is 0 Å². The lowest BCUT2D eigenvalue weighted by Gasteiger charge is -2.20. The molecule has 0 atom stereocenters. The SMILES string of the molecule is COCCCN(C)CC(=O)N(C)CCC#N. The molecule has 0 aliphatic heterocycles. The van der Waals surface area contributed by atoms with E-state index in [0.29, 0.717) is 26.1 Å². The van der Waals surface area contributed by atoms with Gasteiger partial charge in [-0.2, -0.15) is 5.26 Å². The van der Waals surface area contributed by atoms with Crippen molar-refractivity contribution in [2.75, 3.05) is 47.4 Å². The third-order valence-electron chi connectivity index (χ3n) is 2.28. The van der Waals surface area contributed by atoms with E-state index in [1.807, 2.05) is 18.0 Å². The highest BCUT2D eigenvalue weighted by Crippen LogP contribution is 1.93. The Hall–Kier alpha value is -1.12. The lowest BCUT2D eigenvalue weighted by Crippen LogP contribution is -2.37. The van der Waals surface area contributed by atoms with E-state index in [4.69, 9.17) is 10.00 Å². The summed E-state index contributed by atoms with van der Waals surface area (Å²) in [7, 11) is 5.30. The van der Waals surface area contributed by atoms with Gasteiger partial charge < -0.3 is 9.64 Å². The first-order valence-corrected chi connectivity index (χ1v) is 5.40. The van der Waals surface area contributed by atoms with E-state index in [1.165, 1.54) is 0 Å². The molecule has 0 fully saturated rings. The highest BCUT2D eigenvalue weighted by molar-refractivity contribution is 5.77. The number of nitrogens with zero attached hydrogens (tertiary/aromatic N) is 3. The summed E-state index contributed by atoms with van der Waals surface area (Å²) in [4.78, 5) is 15.2. The third kappa shape index (κ3) is 7.21. The first-order valence-electron chi connectivity index (χ1n) is 5.40. The summed E-state index contributed by atoms with van der Waals surface area (Å²) in [5, 5.41) is 8.41. The van der Waals surface area contributed by atoms with Crippen molar-refractivity contribution < 1.29 is 9.53 Å². The Kier molecular flexibility index (Phi) is 8.49. The maximum absolute atomic E-state index is 11.6. The van der Waals surface area contributed by atoms with Gasteiger partial charge in [0.2, 0.25) is 5.91 Å². The Morgan fingerprint density at radius 2 is 2.06 bits per heavy atom. The first-order chi connectivity index (χ1) is 7.61. The fourth-order valence-electron chi connectivity index (χ4n) is 1.25. The van der Waals surface area contributed by atoms with E-state index in [1.54, 1.807) is 19.1 Å². The van der Waals surface area contributed by atoms with Gasteiger partial charge in [0.05, 0.1) is 19.0 Å². The zero-order valence-corrected chi connectivity index (χ0v) is 10.4. The van der Waals surface area contributed by atoms with Gasteiger partial charge in [0.15, 0.2) is 0 Å². The number of rotatable bonds is 8. The van der Waals surface area contributed by atoms with Crippen LogP contribution in [-0.4, -0.2) is 63.2 Å². The van der Waals surface area contributed by atoms with Crippen molar-refractivity contribution in [1.82, 2.24) is 9.80 Å². The van der Waals surface area contributed by atoms with Crippen molar-refractivity contribution in [3.63, 3.8) is 0 Å². The minimum absolute atomic E-state index is 0.0511. The van der Waals surface area contributed by atoms with Crippen LogP contribution in [-0.2, 0) is 9.53 Å². The summed E-state index contributed by atoms with van der Waals surface area (Å²) in [6, 6.07) is 2.02. The molecule has 5 heteroatoms. The maximum Gasteiger partial charge on any atom is 0.236 e. The van der Waals surface area contributed by atoms with Crippen molar-refractivity contribution in [3.05, 3.63) is 0 Å². The van der Waals surface area contributed by atoms with Gasteiger partial charge >= 0.3 is 0 Å². The zero-order valence-electron chi connectivity index (χ0n) is 10.4. The van der Waals surface area contributed by atoms with Gasteiger partial charge in [0.1, 0.15) is 0 Å². The zero-order chi connectivity index (χ0) is 12.4. The molecule has 0 aromatic rings. The molecule has 0 spiro atoms. The number of hydrogen-bond acceptors (Lipinski definition) is 4. The molecule has 0 saturated heterocycles. The molecule has 0 rings (SSSR count). The van der Waals surface area contributed by atoms with E-state index in [0.717, 1.165) is 13.0 Å². The van der Waals surface area contributed by atoms with Crippen LogP contribution in [0, 0.1) is 11.3 Å². The number of hydrogen-bond donors (Lipinski definition) is 0. The van der Waals surface area contributed by atoms with Gasteiger partial charge in [-0.3, -0.25) is 9.69 Å². The van der Waals surface area contributed by atoms with Crippen molar-refractivity contribution in [2.24, 2.45) is 0 Å². The number of likely N-dealkylation sites (N-methyl/N-ethyl adjacent to an activating group) is 2. The van der Waals surface area contributed by atoms with Gasteiger partial charge in [-0.05, 0) is 13.5 Å². The number of nitriles is 1. The van der Waals surface area contributed by atoms with Gasteiger partial charge in [-0.15, -0.1) is 0 Å². The van der Waals surface area contributed by atoms with Crippen LogP contribution in [0.2, 0.25) is 0 Å². The molecule has 0 unspecified atom stereocenters. The van der Waals surface area contributed by atoms with Crippen LogP contribution in [0.15, 0.2) is 0 Å². The molecular weight excluding hydrogens is 206 g/mol. The summed E-state index contributed by atoms with van der Waals surface area (Å²) < 4.78 is 4.94. The molecule has 92 valence electrons. The average molecular weight is 227 g/mol. The van der Waals surface area contributed by atoms with Crippen LogP contribution in [0.5, 0.6) is 0 Å². The fourth-order valence-corrected chi connectivity index (χ4v) is 1.25. The van der Waals surface area contributed by atoms with Crippen LogP contribution >= 0.6 is 0 Å². The van der Waals surface area contributed by atoms with E-state index in [-0.39, 0.29) is 5.91 Å². The Balaban J connectivity index is 3.72. The number of amides is 1. The van der Waals surface area contributed by atoms with Gasteiger partial charge in [0.25, 0.3) is 0 Å². The van der Waals surface area contributed by atoms with Crippen LogP contribution in [0.1, 0.15) is 12.8 Å². The molecule has 0 aromatic heterocycles. The standard InChI is InChI=1S/C11H21N3O2/c1-13(7-5-9-16-3)10-11(15)14(2)8-4-6-12/h4-5,7-10H2,1-3H3. The topological polar surface area (TPSA) is 56.6 Å². The largest absolute Gasteiger partial charge is 0.385 e. The number of carbonyl (C=O) groups is 1.